The third kappa shape index (κ3) is 9.39. The van der Waals surface area contributed by atoms with Gasteiger partial charge in [0.2, 0.25) is 0 Å². The molecule has 39 heavy (non-hydrogen) atoms. The van der Waals surface area contributed by atoms with E-state index in [0.29, 0.717) is 43.3 Å². The molecule has 3 amide bonds. The molecule has 1 aromatic carbocycles. The molecule has 1 aromatic heterocycles. The molecule has 2 heterocycles. The molecule has 0 spiro atoms. The molecule has 1 fully saturated rings. The SMILES string of the molecule is CSCCCNc1nc(C(C)(C)C)ncc1C(=O)N(CC(C)C)[C@@H]1CNC[C@H](NC(=O)Nc2ccccc2)C1. The van der Waals surface area contributed by atoms with Gasteiger partial charge in [0.25, 0.3) is 5.91 Å². The Bertz CT molecular complexity index is 1080. The number of hydrogen-bond acceptors (Lipinski definition) is 7. The van der Waals surface area contributed by atoms with E-state index >= 15 is 0 Å². The zero-order valence-electron chi connectivity index (χ0n) is 24.2. The van der Waals surface area contributed by atoms with Crippen LogP contribution in [-0.4, -0.2) is 77.1 Å². The number of thioether (sulfide) groups is 1. The quantitative estimate of drug-likeness (QED) is 0.300. The molecule has 4 N–H and O–H groups in total. The minimum absolute atomic E-state index is 0.0812. The van der Waals surface area contributed by atoms with Crippen molar-refractivity contribution in [2.24, 2.45) is 5.92 Å². The summed E-state index contributed by atoms with van der Waals surface area (Å²) in [7, 11) is 0. The standard InChI is InChI=1S/C29H45N7O2S/c1-20(2)19-36(23-15-22(16-30-17-23)34-28(38)33-21-11-8-7-9-12-21)26(37)24-18-32-27(29(3,4)5)35-25(24)31-13-10-14-39-6/h7-9,11-12,18,20,22-23,30H,10,13-17,19H2,1-6H3,(H,31,32,35)(H2,33,34,38)/t22-,23+/m1/s1. The molecule has 1 aliphatic heterocycles. The van der Waals surface area contributed by atoms with E-state index in [1.807, 2.05) is 35.2 Å². The lowest BCUT2D eigenvalue weighted by Gasteiger charge is -2.39. The van der Waals surface area contributed by atoms with Gasteiger partial charge in [0, 0.05) is 55.6 Å². The molecule has 0 radical (unpaired) electrons. The Labute approximate surface area is 237 Å². The molecule has 0 bridgehead atoms. The van der Waals surface area contributed by atoms with Crippen LogP contribution in [-0.2, 0) is 5.41 Å². The maximum Gasteiger partial charge on any atom is 0.319 e. The molecule has 0 unspecified atom stereocenters. The molecule has 9 nitrogen and oxygen atoms in total. The fourth-order valence-corrected chi connectivity index (χ4v) is 4.98. The number of amides is 3. The Morgan fingerprint density at radius 2 is 1.92 bits per heavy atom. The van der Waals surface area contributed by atoms with Crippen molar-refractivity contribution in [3.8, 4) is 0 Å². The van der Waals surface area contributed by atoms with Gasteiger partial charge in [-0.1, -0.05) is 52.8 Å². The molecule has 0 saturated carbocycles. The molecule has 2 aromatic rings. The summed E-state index contributed by atoms with van der Waals surface area (Å²) in [6.45, 7) is 13.1. The monoisotopic (exact) mass is 555 g/mol. The molecule has 1 aliphatic rings. The summed E-state index contributed by atoms with van der Waals surface area (Å²) in [5, 5.41) is 12.8. The topological polar surface area (TPSA) is 111 Å². The summed E-state index contributed by atoms with van der Waals surface area (Å²) in [6, 6.07) is 8.93. The molecule has 10 heteroatoms. The molecule has 2 atom stereocenters. The highest BCUT2D eigenvalue weighted by Gasteiger charge is 2.33. The van der Waals surface area contributed by atoms with Gasteiger partial charge in [0.05, 0.1) is 0 Å². The number of urea groups is 1. The largest absolute Gasteiger partial charge is 0.369 e. The maximum atomic E-state index is 14.1. The van der Waals surface area contributed by atoms with Gasteiger partial charge < -0.3 is 26.2 Å². The average molecular weight is 556 g/mol. The normalized spacial score (nSPS) is 17.5. The molecular formula is C29H45N7O2S. The highest BCUT2D eigenvalue weighted by atomic mass is 32.2. The molecule has 0 aliphatic carbocycles. The Hall–Kier alpha value is -2.85. The lowest BCUT2D eigenvalue weighted by atomic mass is 9.95. The fraction of sp³-hybridized carbons (Fsp3) is 0.586. The van der Waals surface area contributed by atoms with Crippen molar-refractivity contribution in [3.05, 3.63) is 47.9 Å². The lowest BCUT2D eigenvalue weighted by Crippen LogP contribution is -2.58. The Morgan fingerprint density at radius 1 is 1.18 bits per heavy atom. The second kappa shape index (κ2) is 14.5. The van der Waals surface area contributed by atoms with E-state index in [1.165, 1.54) is 0 Å². The Balaban J connectivity index is 1.79. The first kappa shape index (κ1) is 30.7. The van der Waals surface area contributed by atoms with Crippen molar-refractivity contribution in [2.75, 3.05) is 48.8 Å². The van der Waals surface area contributed by atoms with Crippen LogP contribution < -0.4 is 21.3 Å². The van der Waals surface area contributed by atoms with Crippen LogP contribution in [0.15, 0.2) is 36.5 Å². The van der Waals surface area contributed by atoms with Crippen LogP contribution in [0, 0.1) is 5.92 Å². The van der Waals surface area contributed by atoms with Gasteiger partial charge >= 0.3 is 6.03 Å². The van der Waals surface area contributed by atoms with Crippen LogP contribution in [0.3, 0.4) is 0 Å². The summed E-state index contributed by atoms with van der Waals surface area (Å²) in [5.41, 5.74) is 0.995. The zero-order chi connectivity index (χ0) is 28.4. The van der Waals surface area contributed by atoms with E-state index in [0.717, 1.165) is 24.4 Å². The van der Waals surface area contributed by atoms with Crippen molar-refractivity contribution in [3.63, 3.8) is 0 Å². The van der Waals surface area contributed by atoms with Gasteiger partial charge in [-0.25, -0.2) is 14.8 Å². The number of hydrogen-bond donors (Lipinski definition) is 4. The molecule has 214 valence electrons. The van der Waals surface area contributed by atoms with E-state index in [2.05, 4.69) is 67.1 Å². The van der Waals surface area contributed by atoms with Crippen LogP contribution in [0.4, 0.5) is 16.3 Å². The zero-order valence-corrected chi connectivity index (χ0v) is 25.0. The van der Waals surface area contributed by atoms with E-state index in [9.17, 15) is 9.59 Å². The predicted octanol–water partition coefficient (Wildman–Crippen LogP) is 4.59. The Kier molecular flexibility index (Phi) is 11.4. The van der Waals surface area contributed by atoms with Crippen LogP contribution in [0.2, 0.25) is 0 Å². The Morgan fingerprint density at radius 3 is 2.59 bits per heavy atom. The van der Waals surface area contributed by atoms with Crippen molar-refractivity contribution in [1.29, 1.82) is 0 Å². The second-order valence-corrected chi connectivity index (χ2v) is 12.5. The number of nitrogens with zero attached hydrogens (tertiary/aromatic N) is 3. The first-order chi connectivity index (χ1) is 18.6. The van der Waals surface area contributed by atoms with E-state index in [1.54, 1.807) is 18.0 Å². The summed E-state index contributed by atoms with van der Waals surface area (Å²) < 4.78 is 0. The third-order valence-corrected chi connectivity index (χ3v) is 7.16. The molecule has 3 rings (SSSR count). The van der Waals surface area contributed by atoms with Crippen molar-refractivity contribution in [2.45, 2.75) is 65.0 Å². The van der Waals surface area contributed by atoms with Gasteiger partial charge in [0.15, 0.2) is 0 Å². The number of benzene rings is 1. The van der Waals surface area contributed by atoms with Crippen molar-refractivity contribution in [1.82, 2.24) is 25.5 Å². The summed E-state index contributed by atoms with van der Waals surface area (Å²) in [5.74, 6) is 2.52. The lowest BCUT2D eigenvalue weighted by molar-refractivity contribution is 0.0605. The summed E-state index contributed by atoms with van der Waals surface area (Å²) in [6.07, 6.45) is 5.40. The van der Waals surface area contributed by atoms with Crippen LogP contribution in [0.1, 0.15) is 63.6 Å². The molecule has 1 saturated heterocycles. The first-order valence-corrected chi connectivity index (χ1v) is 15.2. The number of rotatable bonds is 11. The highest BCUT2D eigenvalue weighted by Crippen LogP contribution is 2.24. The van der Waals surface area contributed by atoms with Gasteiger partial charge in [-0.2, -0.15) is 11.8 Å². The van der Waals surface area contributed by atoms with Gasteiger partial charge in [-0.3, -0.25) is 4.79 Å². The number of para-hydroxylation sites is 1. The predicted molar refractivity (Wildman–Crippen MR) is 162 cm³/mol. The van der Waals surface area contributed by atoms with Gasteiger partial charge in [-0.05, 0) is 42.9 Å². The highest BCUT2D eigenvalue weighted by molar-refractivity contribution is 7.98. The number of anilines is 2. The smallest absolute Gasteiger partial charge is 0.319 e. The summed E-state index contributed by atoms with van der Waals surface area (Å²) >= 11 is 1.80. The second-order valence-electron chi connectivity index (χ2n) is 11.5. The van der Waals surface area contributed by atoms with Crippen molar-refractivity contribution < 1.29 is 9.59 Å². The van der Waals surface area contributed by atoms with Crippen LogP contribution >= 0.6 is 11.8 Å². The maximum absolute atomic E-state index is 14.1. The van der Waals surface area contributed by atoms with E-state index < -0.39 is 0 Å². The number of aromatic nitrogens is 2. The minimum Gasteiger partial charge on any atom is -0.369 e. The van der Waals surface area contributed by atoms with Gasteiger partial charge in [0.1, 0.15) is 17.2 Å². The number of carbonyl (C=O) groups is 2. The fourth-order valence-electron chi connectivity index (χ4n) is 4.54. The van der Waals surface area contributed by atoms with Crippen LogP contribution in [0.25, 0.3) is 0 Å². The minimum atomic E-state index is -0.252. The van der Waals surface area contributed by atoms with Crippen LogP contribution in [0.5, 0.6) is 0 Å². The average Bonchev–Trinajstić information content (AvgIpc) is 2.89. The van der Waals surface area contributed by atoms with E-state index in [-0.39, 0.29) is 35.4 Å². The molecular weight excluding hydrogens is 510 g/mol. The van der Waals surface area contributed by atoms with Gasteiger partial charge in [-0.15, -0.1) is 0 Å². The number of nitrogens with one attached hydrogen (secondary N) is 4. The summed E-state index contributed by atoms with van der Waals surface area (Å²) in [4.78, 5) is 38.1. The number of piperidine rings is 1. The van der Waals surface area contributed by atoms with Crippen molar-refractivity contribution >= 4 is 35.2 Å². The first-order valence-electron chi connectivity index (χ1n) is 13.8. The van der Waals surface area contributed by atoms with E-state index in [4.69, 9.17) is 4.98 Å². The number of carbonyl (C=O) groups excluding carboxylic acids is 2. The third-order valence-electron chi connectivity index (χ3n) is 6.47.